The molecule has 3 N–H and O–H groups in total. The zero-order valence-corrected chi connectivity index (χ0v) is 15.2. The standard InChI is InChI=1S/C22H16N4O3/c23-20(27)16-9-3-4-10-18(16)25-13-17-14-7-1-2-8-15(14)21(28)26(22(17)29)19-11-5-6-12-24-19/h1-13,29H,(H2,23,27). The third-order valence-electron chi connectivity index (χ3n) is 4.48. The lowest BCUT2D eigenvalue weighted by Crippen LogP contribution is -2.20. The monoisotopic (exact) mass is 384 g/mol. The van der Waals surface area contributed by atoms with Crippen LogP contribution in [-0.2, 0) is 0 Å². The predicted molar refractivity (Wildman–Crippen MR) is 111 cm³/mol. The number of aromatic hydroxyl groups is 1. The number of amides is 1. The summed E-state index contributed by atoms with van der Waals surface area (Å²) in [5, 5.41) is 11.9. The molecular formula is C22H16N4O3. The number of rotatable bonds is 4. The van der Waals surface area contributed by atoms with Crippen LogP contribution in [-0.4, -0.2) is 26.8 Å². The van der Waals surface area contributed by atoms with Crippen molar-refractivity contribution in [2.24, 2.45) is 10.7 Å². The molecule has 1 amide bonds. The first kappa shape index (κ1) is 18.1. The Balaban J connectivity index is 1.98. The van der Waals surface area contributed by atoms with Crippen LogP contribution in [0.2, 0.25) is 0 Å². The molecule has 0 aliphatic heterocycles. The number of carbonyl (C=O) groups excluding carboxylic acids is 1. The molecule has 7 nitrogen and oxygen atoms in total. The average molecular weight is 384 g/mol. The number of hydrogen-bond acceptors (Lipinski definition) is 5. The molecule has 0 atom stereocenters. The summed E-state index contributed by atoms with van der Waals surface area (Å²) in [5.74, 6) is -0.620. The molecule has 2 aromatic carbocycles. The maximum absolute atomic E-state index is 13.0. The second kappa shape index (κ2) is 7.40. The third-order valence-corrected chi connectivity index (χ3v) is 4.48. The van der Waals surface area contributed by atoms with Crippen LogP contribution < -0.4 is 11.3 Å². The summed E-state index contributed by atoms with van der Waals surface area (Å²) in [6, 6.07) is 18.6. The van der Waals surface area contributed by atoms with E-state index in [1.807, 2.05) is 0 Å². The van der Waals surface area contributed by atoms with Gasteiger partial charge in [0.15, 0.2) is 0 Å². The lowest BCUT2D eigenvalue weighted by Gasteiger charge is -2.12. The van der Waals surface area contributed by atoms with Crippen molar-refractivity contribution in [1.82, 2.24) is 9.55 Å². The molecule has 0 spiro atoms. The quantitative estimate of drug-likeness (QED) is 0.527. The molecule has 2 aromatic heterocycles. The second-order valence-electron chi connectivity index (χ2n) is 6.25. The van der Waals surface area contributed by atoms with Crippen LogP contribution >= 0.6 is 0 Å². The molecule has 142 valence electrons. The number of nitrogens with two attached hydrogens (primary N) is 1. The summed E-state index contributed by atoms with van der Waals surface area (Å²) >= 11 is 0. The van der Waals surface area contributed by atoms with Crippen molar-refractivity contribution in [2.45, 2.75) is 0 Å². The minimum atomic E-state index is -0.606. The molecule has 0 saturated heterocycles. The maximum atomic E-state index is 13.0. The van der Waals surface area contributed by atoms with Gasteiger partial charge < -0.3 is 10.8 Å². The molecule has 0 aliphatic rings. The molecule has 0 fully saturated rings. The van der Waals surface area contributed by atoms with Crippen molar-refractivity contribution >= 4 is 28.6 Å². The van der Waals surface area contributed by atoms with E-state index in [9.17, 15) is 14.7 Å². The van der Waals surface area contributed by atoms with Crippen LogP contribution in [0.25, 0.3) is 16.6 Å². The van der Waals surface area contributed by atoms with E-state index in [0.717, 1.165) is 4.57 Å². The van der Waals surface area contributed by atoms with Crippen LogP contribution in [0.5, 0.6) is 5.88 Å². The highest BCUT2D eigenvalue weighted by molar-refractivity contribution is 6.04. The minimum Gasteiger partial charge on any atom is -0.494 e. The second-order valence-corrected chi connectivity index (χ2v) is 6.25. The number of aliphatic imine (C=N–C) groups is 1. The van der Waals surface area contributed by atoms with Gasteiger partial charge in [-0.3, -0.25) is 14.6 Å². The largest absolute Gasteiger partial charge is 0.494 e. The summed E-state index contributed by atoms with van der Waals surface area (Å²) < 4.78 is 1.13. The maximum Gasteiger partial charge on any atom is 0.267 e. The Morgan fingerprint density at radius 1 is 1.00 bits per heavy atom. The fraction of sp³-hybridized carbons (Fsp3) is 0. The van der Waals surface area contributed by atoms with E-state index in [1.165, 1.54) is 12.4 Å². The van der Waals surface area contributed by atoms with Crippen LogP contribution in [0.15, 0.2) is 82.7 Å². The molecule has 2 heterocycles. The highest BCUT2D eigenvalue weighted by atomic mass is 16.3. The number of hydrogen-bond donors (Lipinski definition) is 2. The normalized spacial score (nSPS) is 11.2. The Morgan fingerprint density at radius 2 is 1.69 bits per heavy atom. The molecule has 0 radical (unpaired) electrons. The summed E-state index contributed by atoms with van der Waals surface area (Å²) in [4.78, 5) is 33.1. The van der Waals surface area contributed by atoms with Gasteiger partial charge in [-0.05, 0) is 30.3 Å². The third kappa shape index (κ3) is 3.25. The van der Waals surface area contributed by atoms with Crippen molar-refractivity contribution < 1.29 is 9.90 Å². The van der Waals surface area contributed by atoms with Gasteiger partial charge in [0, 0.05) is 23.2 Å². The van der Waals surface area contributed by atoms with Crippen molar-refractivity contribution in [2.75, 3.05) is 0 Å². The first-order valence-corrected chi connectivity index (χ1v) is 8.79. The highest BCUT2D eigenvalue weighted by Crippen LogP contribution is 2.26. The average Bonchev–Trinajstić information content (AvgIpc) is 2.75. The summed E-state index contributed by atoms with van der Waals surface area (Å²) in [7, 11) is 0. The van der Waals surface area contributed by atoms with Crippen LogP contribution in [0.3, 0.4) is 0 Å². The van der Waals surface area contributed by atoms with E-state index < -0.39 is 11.5 Å². The van der Waals surface area contributed by atoms with Gasteiger partial charge in [-0.2, -0.15) is 0 Å². The molecule has 0 bridgehead atoms. The molecule has 4 aromatic rings. The van der Waals surface area contributed by atoms with Crippen LogP contribution in [0, 0.1) is 0 Å². The summed E-state index contributed by atoms with van der Waals surface area (Å²) in [6.45, 7) is 0. The van der Waals surface area contributed by atoms with E-state index in [0.29, 0.717) is 22.0 Å². The number of aromatic nitrogens is 2. The topological polar surface area (TPSA) is 111 Å². The van der Waals surface area contributed by atoms with Crippen molar-refractivity contribution in [1.29, 1.82) is 0 Å². The SMILES string of the molecule is NC(=O)c1ccccc1N=Cc1c(O)n(-c2ccccn2)c(=O)c2ccccc12. The summed E-state index contributed by atoms with van der Waals surface area (Å²) in [6.07, 6.45) is 2.95. The fourth-order valence-corrected chi connectivity index (χ4v) is 3.12. The van der Waals surface area contributed by atoms with Crippen molar-refractivity contribution in [3.05, 3.63) is 94.4 Å². The number of nitrogens with zero attached hydrogens (tertiary/aromatic N) is 3. The van der Waals surface area contributed by atoms with E-state index in [-0.39, 0.29) is 17.3 Å². The number of benzene rings is 2. The van der Waals surface area contributed by atoms with E-state index in [2.05, 4.69) is 9.98 Å². The molecule has 0 unspecified atom stereocenters. The van der Waals surface area contributed by atoms with Gasteiger partial charge in [0.2, 0.25) is 5.88 Å². The number of para-hydroxylation sites is 1. The Bertz CT molecular complexity index is 1310. The molecule has 29 heavy (non-hydrogen) atoms. The van der Waals surface area contributed by atoms with Crippen molar-refractivity contribution in [3.63, 3.8) is 0 Å². The lowest BCUT2D eigenvalue weighted by molar-refractivity contribution is 0.100. The Labute approximate surface area is 165 Å². The van der Waals surface area contributed by atoms with Crippen molar-refractivity contribution in [3.8, 4) is 11.7 Å². The van der Waals surface area contributed by atoms with Gasteiger partial charge in [0.1, 0.15) is 5.82 Å². The van der Waals surface area contributed by atoms with Gasteiger partial charge in [-0.25, -0.2) is 9.55 Å². The first-order valence-electron chi connectivity index (χ1n) is 8.79. The van der Waals surface area contributed by atoms with E-state index >= 15 is 0 Å². The smallest absolute Gasteiger partial charge is 0.267 e. The number of pyridine rings is 2. The number of primary amides is 1. The van der Waals surface area contributed by atoms with E-state index in [4.69, 9.17) is 5.73 Å². The van der Waals surface area contributed by atoms with Crippen LogP contribution in [0.4, 0.5) is 5.69 Å². The molecule has 4 rings (SSSR count). The fourth-order valence-electron chi connectivity index (χ4n) is 3.12. The van der Waals surface area contributed by atoms with Gasteiger partial charge >= 0.3 is 0 Å². The van der Waals surface area contributed by atoms with E-state index in [1.54, 1.807) is 66.7 Å². The number of fused-ring (bicyclic) bond motifs is 1. The Morgan fingerprint density at radius 3 is 2.41 bits per heavy atom. The molecular weight excluding hydrogens is 368 g/mol. The van der Waals surface area contributed by atoms with Gasteiger partial charge in [0.25, 0.3) is 11.5 Å². The van der Waals surface area contributed by atoms with Crippen LogP contribution in [0.1, 0.15) is 15.9 Å². The molecule has 7 heteroatoms. The van der Waals surface area contributed by atoms with Gasteiger partial charge in [0.05, 0.1) is 16.8 Å². The summed E-state index contributed by atoms with van der Waals surface area (Å²) in [5.41, 5.74) is 5.95. The molecule has 0 saturated carbocycles. The Hall–Kier alpha value is -4.26. The zero-order chi connectivity index (χ0) is 20.4. The van der Waals surface area contributed by atoms with Gasteiger partial charge in [-0.15, -0.1) is 0 Å². The first-order chi connectivity index (χ1) is 14.1. The lowest BCUT2D eigenvalue weighted by atomic mass is 10.1. The van der Waals surface area contributed by atoms with Gasteiger partial charge in [-0.1, -0.05) is 36.4 Å². The zero-order valence-electron chi connectivity index (χ0n) is 15.2. The highest BCUT2D eigenvalue weighted by Gasteiger charge is 2.17. The molecule has 0 aliphatic carbocycles. The number of carbonyl (C=O) groups is 1. The minimum absolute atomic E-state index is 0.255. The predicted octanol–water partition coefficient (Wildman–Crippen LogP) is 2.94. The Kier molecular flexibility index (Phi) is 4.62.